The van der Waals surface area contributed by atoms with Crippen LogP contribution in [-0.2, 0) is 16.0 Å². The standard InChI is InChI=1S/C13H13BrN2O2/c14-11-3-1-2-10(6-11)7-13(17)16-4-5-18-9-12(16)8-15/h1-3,6,12H,4-5,7,9H2/t12-/m1/s1. The van der Waals surface area contributed by atoms with Gasteiger partial charge in [0.05, 0.1) is 25.7 Å². The molecule has 1 aliphatic heterocycles. The molecule has 0 saturated carbocycles. The molecule has 0 aliphatic carbocycles. The highest BCUT2D eigenvalue weighted by Gasteiger charge is 2.26. The van der Waals surface area contributed by atoms with E-state index in [4.69, 9.17) is 10.00 Å². The number of ether oxygens (including phenoxy) is 1. The van der Waals surface area contributed by atoms with E-state index >= 15 is 0 Å². The maximum Gasteiger partial charge on any atom is 0.228 e. The number of halogens is 1. The number of carbonyl (C=O) groups is 1. The van der Waals surface area contributed by atoms with Crippen LogP contribution in [0.5, 0.6) is 0 Å². The summed E-state index contributed by atoms with van der Waals surface area (Å²) in [5.74, 6) is -0.0250. The minimum atomic E-state index is -0.460. The van der Waals surface area contributed by atoms with Crippen molar-refractivity contribution in [3.63, 3.8) is 0 Å². The first-order valence-electron chi connectivity index (χ1n) is 5.72. The first-order chi connectivity index (χ1) is 8.70. The predicted octanol–water partition coefficient (Wildman–Crippen LogP) is 1.74. The van der Waals surface area contributed by atoms with Crippen molar-refractivity contribution in [3.05, 3.63) is 34.3 Å². The fourth-order valence-electron chi connectivity index (χ4n) is 1.93. The van der Waals surface area contributed by atoms with Crippen LogP contribution in [0.1, 0.15) is 5.56 Å². The monoisotopic (exact) mass is 308 g/mol. The first-order valence-corrected chi connectivity index (χ1v) is 6.51. The third-order valence-electron chi connectivity index (χ3n) is 2.84. The van der Waals surface area contributed by atoms with Gasteiger partial charge in [0, 0.05) is 11.0 Å². The van der Waals surface area contributed by atoms with Crippen molar-refractivity contribution in [2.24, 2.45) is 0 Å². The molecular formula is C13H13BrN2O2. The molecule has 4 nitrogen and oxygen atoms in total. The zero-order valence-corrected chi connectivity index (χ0v) is 11.4. The maximum atomic E-state index is 12.2. The molecule has 0 N–H and O–H groups in total. The summed E-state index contributed by atoms with van der Waals surface area (Å²) < 4.78 is 6.15. The molecule has 1 fully saturated rings. The van der Waals surface area contributed by atoms with Gasteiger partial charge in [-0.05, 0) is 17.7 Å². The van der Waals surface area contributed by atoms with Crippen molar-refractivity contribution in [2.45, 2.75) is 12.5 Å². The fourth-order valence-corrected chi connectivity index (χ4v) is 2.38. The predicted molar refractivity (Wildman–Crippen MR) is 69.8 cm³/mol. The smallest absolute Gasteiger partial charge is 0.228 e. The van der Waals surface area contributed by atoms with Gasteiger partial charge in [-0.15, -0.1) is 0 Å². The van der Waals surface area contributed by atoms with Gasteiger partial charge in [0.2, 0.25) is 5.91 Å². The Hall–Kier alpha value is -1.38. The Morgan fingerprint density at radius 2 is 2.44 bits per heavy atom. The van der Waals surface area contributed by atoms with Crippen molar-refractivity contribution < 1.29 is 9.53 Å². The van der Waals surface area contributed by atoms with Crippen LogP contribution in [0, 0.1) is 11.3 Å². The zero-order valence-electron chi connectivity index (χ0n) is 9.80. The Bertz CT molecular complexity index is 484. The van der Waals surface area contributed by atoms with E-state index in [0.29, 0.717) is 26.2 Å². The van der Waals surface area contributed by atoms with Gasteiger partial charge in [0.15, 0.2) is 0 Å². The largest absolute Gasteiger partial charge is 0.376 e. The molecule has 2 rings (SSSR count). The molecule has 0 unspecified atom stereocenters. The van der Waals surface area contributed by atoms with Gasteiger partial charge in [-0.2, -0.15) is 5.26 Å². The number of hydrogen-bond donors (Lipinski definition) is 0. The van der Waals surface area contributed by atoms with Gasteiger partial charge in [-0.1, -0.05) is 28.1 Å². The Labute approximate surface area is 114 Å². The lowest BCUT2D eigenvalue weighted by Crippen LogP contribution is -2.48. The second-order valence-corrected chi connectivity index (χ2v) is 5.03. The van der Waals surface area contributed by atoms with Crippen molar-refractivity contribution in [1.29, 1.82) is 5.26 Å². The van der Waals surface area contributed by atoms with E-state index in [1.54, 1.807) is 4.90 Å². The molecule has 0 radical (unpaired) electrons. The average molecular weight is 309 g/mol. The summed E-state index contributed by atoms with van der Waals surface area (Å²) in [6.07, 6.45) is 0.317. The van der Waals surface area contributed by atoms with Gasteiger partial charge >= 0.3 is 0 Å². The fraction of sp³-hybridized carbons (Fsp3) is 0.385. The zero-order chi connectivity index (χ0) is 13.0. The highest BCUT2D eigenvalue weighted by molar-refractivity contribution is 9.10. The third kappa shape index (κ3) is 3.09. The summed E-state index contributed by atoms with van der Waals surface area (Å²) in [6, 6.07) is 9.28. The number of amides is 1. The molecule has 1 aromatic rings. The van der Waals surface area contributed by atoms with E-state index in [1.807, 2.05) is 24.3 Å². The minimum Gasteiger partial charge on any atom is -0.376 e. The topological polar surface area (TPSA) is 53.3 Å². The van der Waals surface area contributed by atoms with Crippen molar-refractivity contribution >= 4 is 21.8 Å². The molecule has 0 spiro atoms. The van der Waals surface area contributed by atoms with Crippen LogP contribution < -0.4 is 0 Å². The summed E-state index contributed by atoms with van der Waals surface area (Å²) in [6.45, 7) is 1.30. The van der Waals surface area contributed by atoms with Gasteiger partial charge in [-0.25, -0.2) is 0 Å². The van der Waals surface area contributed by atoms with E-state index in [9.17, 15) is 4.79 Å². The van der Waals surface area contributed by atoms with Gasteiger partial charge in [0.25, 0.3) is 0 Å². The molecule has 1 aliphatic rings. The summed E-state index contributed by atoms with van der Waals surface area (Å²) in [7, 11) is 0. The normalized spacial score (nSPS) is 19.3. The number of nitriles is 1. The summed E-state index contributed by atoms with van der Waals surface area (Å²) in [4.78, 5) is 13.8. The number of carbonyl (C=O) groups excluding carboxylic acids is 1. The Morgan fingerprint density at radius 3 is 3.17 bits per heavy atom. The highest BCUT2D eigenvalue weighted by atomic mass is 79.9. The lowest BCUT2D eigenvalue weighted by molar-refractivity contribution is -0.136. The molecular weight excluding hydrogens is 296 g/mol. The van der Waals surface area contributed by atoms with E-state index in [1.165, 1.54) is 0 Å². The summed E-state index contributed by atoms with van der Waals surface area (Å²) in [5, 5.41) is 8.99. The van der Waals surface area contributed by atoms with Crippen LogP contribution in [0.2, 0.25) is 0 Å². The maximum absolute atomic E-state index is 12.2. The summed E-state index contributed by atoms with van der Waals surface area (Å²) in [5.41, 5.74) is 0.942. The number of morpholine rings is 1. The van der Waals surface area contributed by atoms with E-state index < -0.39 is 6.04 Å². The van der Waals surface area contributed by atoms with Gasteiger partial charge in [-0.3, -0.25) is 4.79 Å². The SMILES string of the molecule is N#C[C@@H]1COCCN1C(=O)Cc1cccc(Br)c1. The van der Waals surface area contributed by atoms with E-state index in [0.717, 1.165) is 10.0 Å². The molecule has 5 heteroatoms. The molecule has 1 aromatic carbocycles. The second-order valence-electron chi connectivity index (χ2n) is 4.11. The number of benzene rings is 1. The quantitative estimate of drug-likeness (QED) is 0.836. The van der Waals surface area contributed by atoms with Crippen LogP contribution in [0.25, 0.3) is 0 Å². The highest BCUT2D eigenvalue weighted by Crippen LogP contribution is 2.14. The van der Waals surface area contributed by atoms with Gasteiger partial charge < -0.3 is 9.64 Å². The average Bonchev–Trinajstić information content (AvgIpc) is 2.38. The van der Waals surface area contributed by atoms with Crippen LogP contribution in [0.3, 0.4) is 0 Å². The van der Waals surface area contributed by atoms with Gasteiger partial charge in [0.1, 0.15) is 6.04 Å². The van der Waals surface area contributed by atoms with Crippen LogP contribution in [0.15, 0.2) is 28.7 Å². The minimum absolute atomic E-state index is 0.0250. The van der Waals surface area contributed by atoms with Crippen molar-refractivity contribution in [1.82, 2.24) is 4.90 Å². The van der Waals surface area contributed by atoms with E-state index in [2.05, 4.69) is 22.0 Å². The lowest BCUT2D eigenvalue weighted by Gasteiger charge is -2.31. The molecule has 1 heterocycles. The third-order valence-corrected chi connectivity index (χ3v) is 3.34. The molecule has 18 heavy (non-hydrogen) atoms. The Balaban J connectivity index is 2.05. The lowest BCUT2D eigenvalue weighted by atomic mass is 10.1. The van der Waals surface area contributed by atoms with Crippen LogP contribution >= 0.6 is 15.9 Å². The summed E-state index contributed by atoms with van der Waals surface area (Å²) >= 11 is 3.38. The number of rotatable bonds is 2. The number of nitrogens with zero attached hydrogens (tertiary/aromatic N) is 2. The van der Waals surface area contributed by atoms with Crippen molar-refractivity contribution in [2.75, 3.05) is 19.8 Å². The molecule has 0 bridgehead atoms. The van der Waals surface area contributed by atoms with Crippen LogP contribution in [-0.4, -0.2) is 36.6 Å². The first kappa shape index (κ1) is 13.1. The van der Waals surface area contributed by atoms with Crippen LogP contribution in [0.4, 0.5) is 0 Å². The molecule has 0 aromatic heterocycles. The number of hydrogen-bond acceptors (Lipinski definition) is 3. The Morgan fingerprint density at radius 1 is 1.61 bits per heavy atom. The molecule has 94 valence electrons. The molecule has 1 amide bonds. The second kappa shape index (κ2) is 5.98. The Kier molecular flexibility index (Phi) is 4.34. The van der Waals surface area contributed by atoms with E-state index in [-0.39, 0.29) is 5.91 Å². The molecule has 1 saturated heterocycles. The molecule has 1 atom stereocenters. The van der Waals surface area contributed by atoms with Crippen molar-refractivity contribution in [3.8, 4) is 6.07 Å².